The highest BCUT2D eigenvalue weighted by Crippen LogP contribution is 2.22. The molecular formula is C10H14Cl2Si. The van der Waals surface area contributed by atoms with Gasteiger partial charge < -0.3 is 0 Å². The molecule has 0 radical (unpaired) electrons. The summed E-state index contributed by atoms with van der Waals surface area (Å²) in [5, 5.41) is 0. The second-order valence-corrected chi connectivity index (χ2v) is 8.47. The van der Waals surface area contributed by atoms with Gasteiger partial charge in [-0.1, -0.05) is 37.3 Å². The second-order valence-electron chi connectivity index (χ2n) is 3.28. The Balaban J connectivity index is 2.44. The monoisotopic (exact) mass is 232 g/mol. The van der Waals surface area contributed by atoms with Crippen LogP contribution in [0.25, 0.3) is 0 Å². The first-order valence-electron chi connectivity index (χ1n) is 4.53. The molecule has 0 bridgehead atoms. The van der Waals surface area contributed by atoms with Gasteiger partial charge in [-0.3, -0.25) is 0 Å². The van der Waals surface area contributed by atoms with Gasteiger partial charge in [0, 0.05) is 0 Å². The van der Waals surface area contributed by atoms with Gasteiger partial charge in [-0.2, -0.15) is 22.2 Å². The highest BCUT2D eigenvalue weighted by molar-refractivity contribution is 7.33. The van der Waals surface area contributed by atoms with Crippen molar-refractivity contribution >= 4 is 29.6 Å². The maximum atomic E-state index is 5.81. The normalized spacial score (nSPS) is 13.2. The SMILES string of the molecule is CC(CC[SiH](Cl)Cl)c1ccccc1. The molecule has 0 saturated carbocycles. The first-order valence-corrected chi connectivity index (χ1v) is 8.84. The molecule has 0 nitrogen and oxygen atoms in total. The molecule has 0 saturated heterocycles. The fourth-order valence-electron chi connectivity index (χ4n) is 1.32. The second kappa shape index (κ2) is 5.69. The van der Waals surface area contributed by atoms with Gasteiger partial charge in [0.1, 0.15) is 0 Å². The van der Waals surface area contributed by atoms with E-state index in [-0.39, 0.29) is 0 Å². The Labute approximate surface area is 90.9 Å². The van der Waals surface area contributed by atoms with Gasteiger partial charge in [0.15, 0.2) is 0 Å². The van der Waals surface area contributed by atoms with Crippen molar-refractivity contribution in [3.63, 3.8) is 0 Å². The van der Waals surface area contributed by atoms with Crippen LogP contribution in [-0.2, 0) is 0 Å². The zero-order chi connectivity index (χ0) is 9.68. The van der Waals surface area contributed by atoms with Crippen LogP contribution in [0.3, 0.4) is 0 Å². The molecule has 0 heterocycles. The maximum absolute atomic E-state index is 5.81. The zero-order valence-electron chi connectivity index (χ0n) is 7.71. The number of benzene rings is 1. The summed E-state index contributed by atoms with van der Waals surface area (Å²) < 4.78 is 0. The van der Waals surface area contributed by atoms with Crippen molar-refractivity contribution in [1.29, 1.82) is 0 Å². The van der Waals surface area contributed by atoms with Crippen LogP contribution in [-0.4, -0.2) is 7.42 Å². The van der Waals surface area contributed by atoms with Gasteiger partial charge in [0.2, 0.25) is 7.42 Å². The smallest absolute Gasteiger partial charge is 0.150 e. The van der Waals surface area contributed by atoms with E-state index in [4.69, 9.17) is 22.2 Å². The molecule has 3 heteroatoms. The van der Waals surface area contributed by atoms with Crippen LogP contribution in [0.1, 0.15) is 24.8 Å². The molecule has 0 aromatic heterocycles. The van der Waals surface area contributed by atoms with E-state index in [1.54, 1.807) is 0 Å². The molecule has 0 N–H and O–H groups in total. The molecule has 0 aliphatic rings. The van der Waals surface area contributed by atoms with Crippen LogP contribution < -0.4 is 0 Å². The van der Waals surface area contributed by atoms with Crippen molar-refractivity contribution in [2.45, 2.75) is 25.3 Å². The molecule has 0 amide bonds. The molecule has 1 aromatic carbocycles. The minimum absolute atomic E-state index is 0.578. The van der Waals surface area contributed by atoms with Crippen molar-refractivity contribution in [2.75, 3.05) is 0 Å². The molecule has 0 spiro atoms. The Hall–Kier alpha value is 0.0169. The Morgan fingerprint density at radius 2 is 1.85 bits per heavy atom. The Bertz CT molecular complexity index is 236. The summed E-state index contributed by atoms with van der Waals surface area (Å²) in [4.78, 5) is 0. The molecule has 1 atom stereocenters. The van der Waals surface area contributed by atoms with E-state index in [0.29, 0.717) is 5.92 Å². The maximum Gasteiger partial charge on any atom is 0.237 e. The fraction of sp³-hybridized carbons (Fsp3) is 0.400. The summed E-state index contributed by atoms with van der Waals surface area (Å²) in [5.74, 6) is 0.578. The quantitative estimate of drug-likeness (QED) is 0.547. The lowest BCUT2D eigenvalue weighted by atomic mass is 9.99. The highest BCUT2D eigenvalue weighted by Gasteiger charge is 2.08. The van der Waals surface area contributed by atoms with E-state index in [1.165, 1.54) is 5.56 Å². The Morgan fingerprint density at radius 3 is 2.38 bits per heavy atom. The van der Waals surface area contributed by atoms with Crippen LogP contribution in [0, 0.1) is 0 Å². The van der Waals surface area contributed by atoms with E-state index in [2.05, 4.69) is 31.2 Å². The minimum Gasteiger partial charge on any atom is -0.150 e. The highest BCUT2D eigenvalue weighted by atomic mass is 35.7. The minimum atomic E-state index is -1.41. The average Bonchev–Trinajstić information content (AvgIpc) is 2.15. The van der Waals surface area contributed by atoms with Gasteiger partial charge in [-0.05, 0) is 23.9 Å². The number of rotatable bonds is 4. The number of hydrogen-bond donors (Lipinski definition) is 0. The molecule has 72 valence electrons. The first kappa shape index (κ1) is 11.1. The van der Waals surface area contributed by atoms with Gasteiger partial charge in [-0.25, -0.2) is 0 Å². The topological polar surface area (TPSA) is 0 Å². The largest absolute Gasteiger partial charge is 0.237 e. The Kier molecular flexibility index (Phi) is 4.85. The summed E-state index contributed by atoms with van der Waals surface area (Å²) in [7, 11) is -1.41. The van der Waals surface area contributed by atoms with Crippen LogP contribution in [0.15, 0.2) is 30.3 Å². The molecular weight excluding hydrogens is 219 g/mol. The van der Waals surface area contributed by atoms with E-state index in [1.807, 2.05) is 6.07 Å². The van der Waals surface area contributed by atoms with Crippen LogP contribution in [0.2, 0.25) is 6.04 Å². The molecule has 1 rings (SSSR count). The van der Waals surface area contributed by atoms with Crippen LogP contribution in [0.5, 0.6) is 0 Å². The summed E-state index contributed by atoms with van der Waals surface area (Å²) >= 11 is 11.6. The zero-order valence-corrected chi connectivity index (χ0v) is 10.4. The summed E-state index contributed by atoms with van der Waals surface area (Å²) in [6, 6.07) is 11.5. The van der Waals surface area contributed by atoms with Crippen molar-refractivity contribution < 1.29 is 0 Å². The predicted molar refractivity (Wildman–Crippen MR) is 63.1 cm³/mol. The molecule has 0 fully saturated rings. The predicted octanol–water partition coefficient (Wildman–Crippen LogP) is 3.88. The van der Waals surface area contributed by atoms with Crippen molar-refractivity contribution in [1.82, 2.24) is 0 Å². The average molecular weight is 233 g/mol. The third kappa shape index (κ3) is 4.16. The first-order chi connectivity index (χ1) is 6.20. The van der Waals surface area contributed by atoms with Crippen molar-refractivity contribution in [3.05, 3.63) is 35.9 Å². The number of hydrogen-bond acceptors (Lipinski definition) is 0. The third-order valence-corrected chi connectivity index (χ3v) is 4.27. The van der Waals surface area contributed by atoms with Gasteiger partial charge in [0.25, 0.3) is 0 Å². The lowest BCUT2D eigenvalue weighted by molar-refractivity contribution is 0.731. The summed E-state index contributed by atoms with van der Waals surface area (Å²) in [5.41, 5.74) is 1.38. The van der Waals surface area contributed by atoms with Gasteiger partial charge in [-0.15, -0.1) is 0 Å². The lowest BCUT2D eigenvalue weighted by Crippen LogP contribution is -1.98. The van der Waals surface area contributed by atoms with Gasteiger partial charge in [0.05, 0.1) is 0 Å². The van der Waals surface area contributed by atoms with E-state index in [0.717, 1.165) is 12.5 Å². The molecule has 1 unspecified atom stereocenters. The fourth-order valence-corrected chi connectivity index (χ4v) is 2.83. The van der Waals surface area contributed by atoms with Gasteiger partial charge >= 0.3 is 0 Å². The summed E-state index contributed by atoms with van der Waals surface area (Å²) in [6.07, 6.45) is 1.11. The lowest BCUT2D eigenvalue weighted by Gasteiger charge is -2.10. The number of halogens is 2. The Morgan fingerprint density at radius 1 is 1.23 bits per heavy atom. The van der Waals surface area contributed by atoms with E-state index < -0.39 is 7.42 Å². The molecule has 13 heavy (non-hydrogen) atoms. The standard InChI is InChI=1S/C10H14Cl2Si/c1-9(7-8-13(11)12)10-5-3-2-4-6-10/h2-6,9,13H,7-8H2,1H3. The molecule has 1 aromatic rings. The molecule has 0 aliphatic heterocycles. The third-order valence-electron chi connectivity index (χ3n) is 2.19. The molecule has 0 aliphatic carbocycles. The van der Waals surface area contributed by atoms with Crippen molar-refractivity contribution in [2.24, 2.45) is 0 Å². The van der Waals surface area contributed by atoms with E-state index in [9.17, 15) is 0 Å². The summed E-state index contributed by atoms with van der Waals surface area (Å²) in [6.45, 7) is 2.22. The van der Waals surface area contributed by atoms with Crippen LogP contribution in [0.4, 0.5) is 0 Å². The van der Waals surface area contributed by atoms with Crippen LogP contribution >= 0.6 is 22.2 Å². The van der Waals surface area contributed by atoms with Crippen molar-refractivity contribution in [3.8, 4) is 0 Å². The van der Waals surface area contributed by atoms with E-state index >= 15 is 0 Å².